The van der Waals surface area contributed by atoms with Crippen LogP contribution in [0.4, 0.5) is 10.1 Å². The lowest BCUT2D eigenvalue weighted by molar-refractivity contribution is -0.151. The van der Waals surface area contributed by atoms with E-state index in [2.05, 4.69) is 0 Å². The van der Waals surface area contributed by atoms with E-state index in [1.54, 1.807) is 13.0 Å². The van der Waals surface area contributed by atoms with Crippen molar-refractivity contribution < 1.29 is 19.0 Å². The summed E-state index contributed by atoms with van der Waals surface area (Å²) in [5.41, 5.74) is 4.94. The number of esters is 1. The zero-order valence-electron chi connectivity index (χ0n) is 11.6. The van der Waals surface area contributed by atoms with Crippen LogP contribution in [0.5, 0.6) is 0 Å². The maximum atomic E-state index is 13.5. The molecule has 1 aliphatic carbocycles. The third-order valence-electron chi connectivity index (χ3n) is 3.97. The number of carbonyl (C=O) groups is 1. The fourth-order valence-corrected chi connectivity index (χ4v) is 2.70. The highest BCUT2D eigenvalue weighted by Gasteiger charge is 2.37. The van der Waals surface area contributed by atoms with Crippen molar-refractivity contribution in [2.24, 2.45) is 5.92 Å². The van der Waals surface area contributed by atoms with Gasteiger partial charge in [-0.25, -0.2) is 4.39 Å². The van der Waals surface area contributed by atoms with Gasteiger partial charge in [-0.1, -0.05) is 6.07 Å². The third kappa shape index (κ3) is 2.93. The second-order valence-corrected chi connectivity index (χ2v) is 5.29. The minimum absolute atomic E-state index is 0.0672. The fourth-order valence-electron chi connectivity index (χ4n) is 2.70. The predicted molar refractivity (Wildman–Crippen MR) is 73.3 cm³/mol. The molecule has 0 saturated heterocycles. The summed E-state index contributed by atoms with van der Waals surface area (Å²) in [7, 11) is 0. The highest BCUT2D eigenvalue weighted by atomic mass is 19.1. The number of anilines is 1. The van der Waals surface area contributed by atoms with E-state index in [0.29, 0.717) is 37.9 Å². The first-order chi connectivity index (χ1) is 9.46. The summed E-state index contributed by atoms with van der Waals surface area (Å²) in [5, 5.41) is 10.6. The van der Waals surface area contributed by atoms with Gasteiger partial charge in [-0.2, -0.15) is 0 Å². The van der Waals surface area contributed by atoms with Crippen molar-refractivity contribution in [2.75, 3.05) is 12.3 Å². The number of ether oxygens (including phenoxy) is 1. The predicted octanol–water partition coefficient (Wildman–Crippen LogP) is 2.35. The molecule has 0 spiro atoms. The Hall–Kier alpha value is -1.62. The molecule has 1 fully saturated rings. The highest BCUT2D eigenvalue weighted by molar-refractivity contribution is 5.72. The summed E-state index contributed by atoms with van der Waals surface area (Å²) in [6.45, 7) is 2.14. The van der Waals surface area contributed by atoms with Crippen LogP contribution in [0.15, 0.2) is 18.2 Å². The van der Waals surface area contributed by atoms with Crippen LogP contribution >= 0.6 is 0 Å². The Balaban J connectivity index is 2.07. The quantitative estimate of drug-likeness (QED) is 0.659. The molecule has 1 saturated carbocycles. The van der Waals surface area contributed by atoms with Crippen LogP contribution in [0.25, 0.3) is 0 Å². The lowest BCUT2D eigenvalue weighted by Crippen LogP contribution is -2.34. The summed E-state index contributed by atoms with van der Waals surface area (Å²) < 4.78 is 18.5. The van der Waals surface area contributed by atoms with Crippen molar-refractivity contribution >= 4 is 11.7 Å². The molecule has 1 aromatic carbocycles. The standard InChI is InChI=1S/C15H20FNO3/c1-2-20-14(18)10-5-7-15(19,8-6-10)11-3-4-13(17)12(16)9-11/h3-4,9-10,19H,2,5-8,17H2,1H3. The number of aliphatic hydroxyl groups is 1. The largest absolute Gasteiger partial charge is 0.466 e. The molecule has 0 amide bonds. The average molecular weight is 281 g/mol. The van der Waals surface area contributed by atoms with Gasteiger partial charge in [-0.05, 0) is 50.3 Å². The molecule has 0 atom stereocenters. The molecule has 0 bridgehead atoms. The minimum Gasteiger partial charge on any atom is -0.466 e. The van der Waals surface area contributed by atoms with Gasteiger partial charge in [0.25, 0.3) is 0 Å². The Bertz CT molecular complexity index is 496. The van der Waals surface area contributed by atoms with Gasteiger partial charge >= 0.3 is 5.97 Å². The summed E-state index contributed by atoms with van der Waals surface area (Å²) in [5.74, 6) is -0.907. The number of carbonyl (C=O) groups excluding carboxylic acids is 1. The molecular formula is C15H20FNO3. The summed E-state index contributed by atoms with van der Waals surface area (Å²) >= 11 is 0. The zero-order valence-corrected chi connectivity index (χ0v) is 11.6. The summed E-state index contributed by atoms with van der Waals surface area (Å²) in [6.07, 6.45) is 1.92. The van der Waals surface area contributed by atoms with Crippen LogP contribution in [0.2, 0.25) is 0 Å². The van der Waals surface area contributed by atoms with Crippen LogP contribution in [0.3, 0.4) is 0 Å². The molecule has 0 aliphatic heterocycles. The second kappa shape index (κ2) is 5.79. The maximum absolute atomic E-state index is 13.5. The lowest BCUT2D eigenvalue weighted by atomic mass is 9.75. The van der Waals surface area contributed by atoms with Gasteiger partial charge in [0.2, 0.25) is 0 Å². The topological polar surface area (TPSA) is 72.5 Å². The van der Waals surface area contributed by atoms with Crippen LogP contribution in [-0.4, -0.2) is 17.7 Å². The van der Waals surface area contributed by atoms with E-state index in [0.717, 1.165) is 0 Å². The molecule has 0 radical (unpaired) electrons. The lowest BCUT2D eigenvalue weighted by Gasteiger charge is -2.35. The summed E-state index contributed by atoms with van der Waals surface area (Å²) in [4.78, 5) is 11.7. The van der Waals surface area contributed by atoms with E-state index in [9.17, 15) is 14.3 Å². The summed E-state index contributed by atoms with van der Waals surface area (Å²) in [6, 6.07) is 4.38. The monoisotopic (exact) mass is 281 g/mol. The molecule has 20 heavy (non-hydrogen) atoms. The number of nitrogen functional groups attached to an aromatic ring is 1. The Kier molecular flexibility index (Phi) is 4.28. The number of hydrogen-bond acceptors (Lipinski definition) is 4. The van der Waals surface area contributed by atoms with Gasteiger partial charge in [0.1, 0.15) is 5.82 Å². The van der Waals surface area contributed by atoms with Gasteiger partial charge in [0.05, 0.1) is 23.8 Å². The fraction of sp³-hybridized carbons (Fsp3) is 0.533. The number of rotatable bonds is 3. The van der Waals surface area contributed by atoms with E-state index in [1.807, 2.05) is 0 Å². The maximum Gasteiger partial charge on any atom is 0.308 e. The molecule has 3 N–H and O–H groups in total. The molecule has 5 heteroatoms. The molecule has 0 unspecified atom stereocenters. The highest BCUT2D eigenvalue weighted by Crippen LogP contribution is 2.40. The first kappa shape index (κ1) is 14.8. The van der Waals surface area contributed by atoms with Crippen molar-refractivity contribution in [3.05, 3.63) is 29.6 Å². The molecule has 0 aromatic heterocycles. The molecule has 1 aromatic rings. The Morgan fingerprint density at radius 3 is 2.70 bits per heavy atom. The van der Waals surface area contributed by atoms with Crippen molar-refractivity contribution in [2.45, 2.75) is 38.2 Å². The number of benzene rings is 1. The van der Waals surface area contributed by atoms with Crippen molar-refractivity contribution in [3.63, 3.8) is 0 Å². The van der Waals surface area contributed by atoms with Gasteiger partial charge in [-0.3, -0.25) is 4.79 Å². The Morgan fingerprint density at radius 1 is 1.50 bits per heavy atom. The van der Waals surface area contributed by atoms with Crippen LogP contribution in [0.1, 0.15) is 38.2 Å². The Labute approximate surface area is 117 Å². The number of halogens is 1. The van der Waals surface area contributed by atoms with Gasteiger partial charge < -0.3 is 15.6 Å². The Morgan fingerprint density at radius 2 is 2.15 bits per heavy atom. The molecular weight excluding hydrogens is 261 g/mol. The normalized spacial score (nSPS) is 26.2. The molecule has 2 rings (SSSR count). The molecule has 110 valence electrons. The van der Waals surface area contributed by atoms with Crippen LogP contribution < -0.4 is 5.73 Å². The number of nitrogens with two attached hydrogens (primary N) is 1. The second-order valence-electron chi connectivity index (χ2n) is 5.29. The smallest absolute Gasteiger partial charge is 0.308 e. The van der Waals surface area contributed by atoms with Gasteiger partial charge in [0, 0.05) is 0 Å². The van der Waals surface area contributed by atoms with E-state index >= 15 is 0 Å². The van der Waals surface area contributed by atoms with Gasteiger partial charge in [0.15, 0.2) is 0 Å². The first-order valence-corrected chi connectivity index (χ1v) is 6.91. The molecule has 0 heterocycles. The third-order valence-corrected chi connectivity index (χ3v) is 3.97. The van der Waals surface area contributed by atoms with E-state index in [-0.39, 0.29) is 17.6 Å². The van der Waals surface area contributed by atoms with Crippen LogP contribution in [-0.2, 0) is 15.1 Å². The molecule has 1 aliphatic rings. The van der Waals surface area contributed by atoms with E-state index in [4.69, 9.17) is 10.5 Å². The zero-order chi connectivity index (χ0) is 14.8. The first-order valence-electron chi connectivity index (χ1n) is 6.91. The van der Waals surface area contributed by atoms with Crippen molar-refractivity contribution in [1.29, 1.82) is 0 Å². The minimum atomic E-state index is -1.09. The van der Waals surface area contributed by atoms with Crippen molar-refractivity contribution in [3.8, 4) is 0 Å². The van der Waals surface area contributed by atoms with E-state index in [1.165, 1.54) is 12.1 Å². The SMILES string of the molecule is CCOC(=O)C1CCC(O)(c2ccc(N)c(F)c2)CC1. The average Bonchev–Trinajstić information content (AvgIpc) is 2.43. The number of hydrogen-bond donors (Lipinski definition) is 2. The van der Waals surface area contributed by atoms with Gasteiger partial charge in [-0.15, -0.1) is 0 Å². The van der Waals surface area contributed by atoms with Crippen LogP contribution in [0, 0.1) is 11.7 Å². The molecule has 4 nitrogen and oxygen atoms in total. The van der Waals surface area contributed by atoms with Crippen molar-refractivity contribution in [1.82, 2.24) is 0 Å². The van der Waals surface area contributed by atoms with E-state index < -0.39 is 11.4 Å².